The van der Waals surface area contributed by atoms with Crippen molar-refractivity contribution in [2.75, 3.05) is 12.4 Å². The van der Waals surface area contributed by atoms with Gasteiger partial charge in [-0.25, -0.2) is 22.5 Å². The van der Waals surface area contributed by atoms with E-state index >= 15 is 4.39 Å². The number of aliphatic hydroxyl groups is 1. The van der Waals surface area contributed by atoms with E-state index in [1.54, 1.807) is 32.0 Å². The van der Waals surface area contributed by atoms with Gasteiger partial charge in [0.1, 0.15) is 30.7 Å². The molecule has 39 heavy (non-hydrogen) atoms. The molecule has 0 amide bonds. The Balaban J connectivity index is 1.91. The number of nitrogens with zero attached hydrogens (tertiary/aromatic N) is 2. The smallest absolute Gasteiger partial charge is 0.459 e. The highest BCUT2D eigenvalue weighted by Gasteiger charge is 2.61. The van der Waals surface area contributed by atoms with Gasteiger partial charge in [-0.2, -0.15) is 10.1 Å². The maximum Gasteiger partial charge on any atom is 0.459 e. The van der Waals surface area contributed by atoms with Gasteiger partial charge in [0.15, 0.2) is 17.9 Å². The normalized spacial score (nSPS) is 26.1. The zero-order valence-electron chi connectivity index (χ0n) is 21.5. The molecule has 0 spiro atoms. The Kier molecular flexibility index (Phi) is 9.44. The third-order valence-corrected chi connectivity index (χ3v) is 7.45. The van der Waals surface area contributed by atoms with Crippen molar-refractivity contribution >= 4 is 19.5 Å². The van der Waals surface area contributed by atoms with E-state index in [0.717, 1.165) is 0 Å². The lowest BCUT2D eigenvalue weighted by Crippen LogP contribution is -2.48. The Morgan fingerprint density at radius 3 is 2.54 bits per heavy atom. The zero-order chi connectivity index (χ0) is 29.1. The molecular formula is C23H30F3N4O8P. The lowest BCUT2D eigenvalue weighted by molar-refractivity contribution is -0.149. The van der Waals surface area contributed by atoms with Gasteiger partial charge in [-0.1, -0.05) is 18.2 Å². The third-order valence-electron chi connectivity index (χ3n) is 5.68. The number of aliphatic hydroxyl groups excluding tert-OH is 1. The summed E-state index contributed by atoms with van der Waals surface area (Å²) >= 11 is 0. The average molecular weight is 578 g/mol. The summed E-state index contributed by atoms with van der Waals surface area (Å²) < 4.78 is 79.4. The van der Waals surface area contributed by atoms with E-state index in [9.17, 15) is 28.0 Å². The number of aromatic nitrogens is 2. The van der Waals surface area contributed by atoms with Crippen LogP contribution in [0, 0.1) is 5.82 Å². The third kappa shape index (κ3) is 6.79. The Hall–Kier alpha value is -2.97. The molecule has 0 radical (unpaired) electrons. The summed E-state index contributed by atoms with van der Waals surface area (Å²) in [5, 5.41) is 13.1. The van der Waals surface area contributed by atoms with Crippen LogP contribution in [0.15, 0.2) is 41.3 Å². The first kappa shape index (κ1) is 30.6. The Morgan fingerprint density at radius 1 is 1.31 bits per heavy atom. The SMILES string of the molecule is CC(C)OC(=O)[C@H](C)N[P@](=O)(Oc1ccccc1)O[C@H](C)[C@H]1O[C@@H](n2cc(F)c(N)nc2=O)[C@@](F)(CF)C1O. The summed E-state index contributed by atoms with van der Waals surface area (Å²) in [7, 11) is -4.51. The first-order chi connectivity index (χ1) is 18.2. The highest BCUT2D eigenvalue weighted by molar-refractivity contribution is 7.52. The molecule has 4 N–H and O–H groups in total. The van der Waals surface area contributed by atoms with Crippen molar-refractivity contribution in [2.45, 2.75) is 70.0 Å². The van der Waals surface area contributed by atoms with Gasteiger partial charge in [0, 0.05) is 0 Å². The molecular weight excluding hydrogens is 548 g/mol. The number of nitrogen functional groups attached to an aromatic ring is 1. The summed E-state index contributed by atoms with van der Waals surface area (Å²) in [5.74, 6) is -2.71. The number of nitrogens with one attached hydrogen (secondary N) is 1. The molecule has 216 valence electrons. The molecule has 1 fully saturated rings. The molecule has 12 nitrogen and oxygen atoms in total. The molecule has 1 unspecified atom stereocenters. The van der Waals surface area contributed by atoms with Gasteiger partial charge in [0.25, 0.3) is 0 Å². The predicted octanol–water partition coefficient (Wildman–Crippen LogP) is 2.42. The molecule has 1 saturated heterocycles. The fraction of sp³-hybridized carbons (Fsp3) is 0.522. The molecule has 16 heteroatoms. The van der Waals surface area contributed by atoms with Crippen molar-refractivity contribution in [3.63, 3.8) is 0 Å². The number of para-hydroxylation sites is 1. The summed E-state index contributed by atoms with van der Waals surface area (Å²) in [6.45, 7) is 3.91. The van der Waals surface area contributed by atoms with Crippen LogP contribution in [0.3, 0.4) is 0 Å². The number of anilines is 1. The van der Waals surface area contributed by atoms with Gasteiger partial charge in [-0.05, 0) is 39.8 Å². The van der Waals surface area contributed by atoms with Gasteiger partial charge in [-0.3, -0.25) is 13.9 Å². The van der Waals surface area contributed by atoms with E-state index in [4.69, 9.17) is 24.3 Å². The van der Waals surface area contributed by atoms with Crippen LogP contribution in [-0.4, -0.2) is 63.4 Å². The monoisotopic (exact) mass is 578 g/mol. The van der Waals surface area contributed by atoms with Crippen molar-refractivity contribution in [1.29, 1.82) is 0 Å². The predicted molar refractivity (Wildman–Crippen MR) is 132 cm³/mol. The maximum absolute atomic E-state index is 15.7. The van der Waals surface area contributed by atoms with Crippen LogP contribution in [0.4, 0.5) is 19.0 Å². The lowest BCUT2D eigenvalue weighted by Gasteiger charge is -2.29. The van der Waals surface area contributed by atoms with E-state index < -0.39 is 80.1 Å². The van der Waals surface area contributed by atoms with Crippen molar-refractivity contribution < 1.29 is 46.2 Å². The number of hydrogen-bond acceptors (Lipinski definition) is 10. The number of hydrogen-bond donors (Lipinski definition) is 3. The summed E-state index contributed by atoms with van der Waals surface area (Å²) in [4.78, 5) is 27.8. The number of nitrogens with two attached hydrogens (primary N) is 1. The van der Waals surface area contributed by atoms with Crippen molar-refractivity contribution in [1.82, 2.24) is 14.6 Å². The molecule has 0 bridgehead atoms. The minimum atomic E-state index is -4.51. The number of alkyl halides is 2. The molecule has 3 rings (SSSR count). The number of carbonyl (C=O) groups is 1. The highest BCUT2D eigenvalue weighted by Crippen LogP contribution is 2.50. The molecule has 2 heterocycles. The van der Waals surface area contributed by atoms with E-state index in [0.29, 0.717) is 10.8 Å². The standard InChI is InChI=1S/C23H30F3N4O8P/c1-12(2)35-20(32)13(3)29-39(34,38-15-8-6-5-7-9-15)37-14(4)17-18(31)23(26,11-24)21(36-17)30-10-16(25)19(27)28-22(30)33/h5-10,12-14,17-18,21,31H,11H2,1-4H3,(H,29,34)(H2,27,28,33)/t13-,14+,17+,18?,21+,23+,39+/m0/s1. The van der Waals surface area contributed by atoms with Crippen molar-refractivity contribution in [3.8, 4) is 5.75 Å². The van der Waals surface area contributed by atoms with Crippen molar-refractivity contribution in [3.05, 3.63) is 52.8 Å². The van der Waals surface area contributed by atoms with Crippen LogP contribution in [0.1, 0.15) is 33.9 Å². The van der Waals surface area contributed by atoms with Crippen LogP contribution in [0.25, 0.3) is 0 Å². The minimum Gasteiger partial charge on any atom is -0.462 e. The topological polar surface area (TPSA) is 164 Å². The minimum absolute atomic E-state index is 0.0642. The number of benzene rings is 1. The molecule has 1 aromatic heterocycles. The number of ether oxygens (including phenoxy) is 2. The van der Waals surface area contributed by atoms with Gasteiger partial charge >= 0.3 is 19.4 Å². The fourth-order valence-corrected chi connectivity index (χ4v) is 5.49. The molecule has 0 saturated carbocycles. The molecule has 1 aromatic carbocycles. The fourth-order valence-electron chi connectivity index (χ4n) is 3.79. The molecule has 7 atom stereocenters. The second kappa shape index (κ2) is 12.0. The van der Waals surface area contributed by atoms with Crippen molar-refractivity contribution in [2.24, 2.45) is 0 Å². The summed E-state index contributed by atoms with van der Waals surface area (Å²) in [6.07, 6.45) is -7.76. The number of esters is 1. The van der Waals surface area contributed by atoms with E-state index in [-0.39, 0.29) is 5.75 Å². The zero-order valence-corrected chi connectivity index (χ0v) is 22.4. The second-order valence-corrected chi connectivity index (χ2v) is 10.8. The van der Waals surface area contributed by atoms with Crippen LogP contribution in [0.5, 0.6) is 5.75 Å². The van der Waals surface area contributed by atoms with Crippen LogP contribution in [-0.2, 0) is 23.4 Å². The van der Waals surface area contributed by atoms with E-state index in [1.807, 2.05) is 0 Å². The average Bonchev–Trinajstić information content (AvgIpc) is 3.12. The first-order valence-corrected chi connectivity index (χ1v) is 13.4. The Morgan fingerprint density at radius 2 is 1.95 bits per heavy atom. The van der Waals surface area contributed by atoms with Gasteiger partial charge in [-0.15, -0.1) is 0 Å². The lowest BCUT2D eigenvalue weighted by atomic mass is 9.95. The molecule has 2 aromatic rings. The highest BCUT2D eigenvalue weighted by atomic mass is 31.2. The second-order valence-electron chi connectivity index (χ2n) is 9.17. The van der Waals surface area contributed by atoms with Gasteiger partial charge < -0.3 is 24.8 Å². The van der Waals surface area contributed by atoms with Crippen LogP contribution < -0.4 is 21.0 Å². The summed E-state index contributed by atoms with van der Waals surface area (Å²) in [5.41, 5.74) is 0.717. The Bertz CT molecular complexity index is 1270. The van der Waals surface area contributed by atoms with Crippen LogP contribution >= 0.6 is 7.75 Å². The van der Waals surface area contributed by atoms with E-state index in [1.165, 1.54) is 26.0 Å². The van der Waals surface area contributed by atoms with E-state index in [2.05, 4.69) is 10.1 Å². The maximum atomic E-state index is 15.7. The quantitative estimate of drug-likeness (QED) is 0.265. The number of carbonyl (C=O) groups excluding carboxylic acids is 1. The molecule has 1 aliphatic rings. The van der Waals surface area contributed by atoms with Gasteiger partial charge in [0.05, 0.1) is 18.4 Å². The molecule has 0 aliphatic carbocycles. The first-order valence-electron chi connectivity index (χ1n) is 11.8. The Labute approximate surface area is 221 Å². The molecule has 1 aliphatic heterocycles. The van der Waals surface area contributed by atoms with Crippen LogP contribution in [0.2, 0.25) is 0 Å². The largest absolute Gasteiger partial charge is 0.462 e. The number of rotatable bonds is 11. The number of halogens is 3. The summed E-state index contributed by atoms with van der Waals surface area (Å²) in [6, 6.07) is 6.48. The van der Waals surface area contributed by atoms with Gasteiger partial charge in [0.2, 0.25) is 5.67 Å².